The molecule has 0 aliphatic heterocycles. The standard InChI is InChI=1S/C8H12S.C2H6/c1-4-6-8(5-2)7(3)9;1-2/h4-6H,1-3H3;1-2H3/b6-4-,8-5+;. The molecule has 0 aromatic rings. The highest BCUT2D eigenvalue weighted by molar-refractivity contribution is 7.80. The maximum atomic E-state index is 4.96. The van der Waals surface area contributed by atoms with Gasteiger partial charge in [-0.05, 0) is 26.3 Å². The number of rotatable bonds is 2. The lowest BCUT2D eigenvalue weighted by Crippen LogP contribution is -1.87. The molecule has 0 unspecified atom stereocenters. The van der Waals surface area contributed by atoms with Crippen molar-refractivity contribution < 1.29 is 0 Å². The molecule has 0 rings (SSSR count). The van der Waals surface area contributed by atoms with Crippen LogP contribution in [-0.2, 0) is 0 Å². The Bertz CT molecular complexity index is 152. The van der Waals surface area contributed by atoms with Crippen molar-refractivity contribution in [2.24, 2.45) is 0 Å². The Morgan fingerprint density at radius 1 is 1.18 bits per heavy atom. The van der Waals surface area contributed by atoms with Crippen LogP contribution in [0.4, 0.5) is 0 Å². The van der Waals surface area contributed by atoms with Crippen molar-refractivity contribution in [3.8, 4) is 0 Å². The van der Waals surface area contributed by atoms with Gasteiger partial charge in [-0.1, -0.05) is 44.3 Å². The molecule has 1 heteroatoms. The fourth-order valence-electron chi connectivity index (χ4n) is 0.596. The largest absolute Gasteiger partial charge is 0.0870 e. The minimum absolute atomic E-state index is 0.954. The van der Waals surface area contributed by atoms with Gasteiger partial charge >= 0.3 is 0 Å². The molecule has 0 atom stereocenters. The summed E-state index contributed by atoms with van der Waals surface area (Å²) in [6, 6.07) is 0. The third kappa shape index (κ3) is 7.47. The van der Waals surface area contributed by atoms with Gasteiger partial charge < -0.3 is 0 Å². The van der Waals surface area contributed by atoms with E-state index in [1.807, 2.05) is 52.8 Å². The van der Waals surface area contributed by atoms with Gasteiger partial charge in [0.1, 0.15) is 0 Å². The Balaban J connectivity index is 0. The first-order chi connectivity index (χ1) is 5.22. The first-order valence-corrected chi connectivity index (χ1v) is 4.43. The molecule has 0 saturated carbocycles. The summed E-state index contributed by atoms with van der Waals surface area (Å²) in [6.07, 6.45) is 6.02. The maximum absolute atomic E-state index is 4.96. The van der Waals surface area contributed by atoms with Crippen LogP contribution in [-0.4, -0.2) is 4.86 Å². The predicted octanol–water partition coefficient (Wildman–Crippen LogP) is 3.92. The molecule has 0 nitrogen and oxygen atoms in total. The lowest BCUT2D eigenvalue weighted by atomic mass is 10.2. The van der Waals surface area contributed by atoms with E-state index in [-0.39, 0.29) is 0 Å². The van der Waals surface area contributed by atoms with E-state index in [0.717, 1.165) is 10.4 Å². The van der Waals surface area contributed by atoms with Crippen LogP contribution < -0.4 is 0 Å². The SMILES string of the molecule is C/C=C\C(=C/C)C(C)=S.CC. The van der Waals surface area contributed by atoms with Crippen LogP contribution in [0, 0.1) is 0 Å². The number of hydrogen-bond acceptors (Lipinski definition) is 1. The second-order valence-corrected chi connectivity index (χ2v) is 2.41. The summed E-state index contributed by atoms with van der Waals surface area (Å²) in [6.45, 7) is 9.91. The topological polar surface area (TPSA) is 0 Å². The smallest absolute Gasteiger partial charge is 0.0190 e. The van der Waals surface area contributed by atoms with Crippen LogP contribution in [0.3, 0.4) is 0 Å². The van der Waals surface area contributed by atoms with Crippen LogP contribution in [0.5, 0.6) is 0 Å². The van der Waals surface area contributed by atoms with Gasteiger partial charge in [0.15, 0.2) is 0 Å². The highest BCUT2D eigenvalue weighted by Gasteiger charge is 1.88. The molecule has 11 heavy (non-hydrogen) atoms. The summed E-state index contributed by atoms with van der Waals surface area (Å²) in [7, 11) is 0. The van der Waals surface area contributed by atoms with Gasteiger partial charge in [-0.2, -0.15) is 0 Å². The van der Waals surface area contributed by atoms with Crippen LogP contribution >= 0.6 is 12.2 Å². The molecule has 0 spiro atoms. The van der Waals surface area contributed by atoms with Crippen LogP contribution in [0.2, 0.25) is 0 Å². The van der Waals surface area contributed by atoms with Gasteiger partial charge in [0.25, 0.3) is 0 Å². The third-order valence-electron chi connectivity index (χ3n) is 1.06. The molecule has 0 bridgehead atoms. The molecule has 0 saturated heterocycles. The summed E-state index contributed by atoms with van der Waals surface area (Å²) in [5.41, 5.74) is 1.15. The fourth-order valence-corrected chi connectivity index (χ4v) is 0.782. The lowest BCUT2D eigenvalue weighted by Gasteiger charge is -1.93. The van der Waals surface area contributed by atoms with Crippen LogP contribution in [0.25, 0.3) is 0 Å². The van der Waals surface area contributed by atoms with Gasteiger partial charge in [-0.15, -0.1) is 0 Å². The van der Waals surface area contributed by atoms with Gasteiger partial charge in [0.05, 0.1) is 0 Å². The van der Waals surface area contributed by atoms with Crippen molar-refractivity contribution in [1.29, 1.82) is 0 Å². The van der Waals surface area contributed by atoms with Gasteiger partial charge in [-0.3, -0.25) is 0 Å². The van der Waals surface area contributed by atoms with Crippen molar-refractivity contribution in [3.05, 3.63) is 23.8 Å². The average molecular weight is 170 g/mol. The molecule has 0 aliphatic rings. The number of thiocarbonyl (C=S) groups is 1. The Hall–Kier alpha value is -0.430. The monoisotopic (exact) mass is 170 g/mol. The molecule has 0 aromatic heterocycles. The van der Waals surface area contributed by atoms with E-state index >= 15 is 0 Å². The van der Waals surface area contributed by atoms with E-state index in [0.29, 0.717) is 0 Å². The van der Waals surface area contributed by atoms with Crippen LogP contribution in [0.15, 0.2) is 23.8 Å². The first kappa shape index (κ1) is 13.2. The van der Waals surface area contributed by atoms with Gasteiger partial charge in [0.2, 0.25) is 0 Å². The molecule has 0 aromatic carbocycles. The molecule has 0 N–H and O–H groups in total. The number of hydrogen-bond donors (Lipinski definition) is 0. The highest BCUT2D eigenvalue weighted by Crippen LogP contribution is 1.99. The third-order valence-corrected chi connectivity index (χ3v) is 1.30. The summed E-state index contributed by atoms with van der Waals surface area (Å²) in [4.78, 5) is 0.954. The van der Waals surface area contributed by atoms with Crippen molar-refractivity contribution in [2.45, 2.75) is 34.6 Å². The van der Waals surface area contributed by atoms with Crippen molar-refractivity contribution >= 4 is 17.1 Å². The Kier molecular flexibility index (Phi) is 11.5. The van der Waals surface area contributed by atoms with Gasteiger partial charge in [0, 0.05) is 4.86 Å². The molecular weight excluding hydrogens is 152 g/mol. The summed E-state index contributed by atoms with van der Waals surface area (Å²) in [5, 5.41) is 0. The molecule has 0 aliphatic carbocycles. The van der Waals surface area contributed by atoms with E-state index in [1.165, 1.54) is 0 Å². The highest BCUT2D eigenvalue weighted by atomic mass is 32.1. The molecule has 0 radical (unpaired) electrons. The predicted molar refractivity (Wildman–Crippen MR) is 58.2 cm³/mol. The molecule has 0 heterocycles. The first-order valence-electron chi connectivity index (χ1n) is 4.02. The maximum Gasteiger partial charge on any atom is 0.0190 e. The second-order valence-electron chi connectivity index (χ2n) is 1.80. The zero-order valence-electron chi connectivity index (χ0n) is 8.14. The second kappa shape index (κ2) is 9.57. The van der Waals surface area contributed by atoms with E-state index < -0.39 is 0 Å². The molecule has 0 fully saturated rings. The minimum atomic E-state index is 0.954. The van der Waals surface area contributed by atoms with E-state index in [4.69, 9.17) is 12.2 Å². The van der Waals surface area contributed by atoms with E-state index in [1.54, 1.807) is 0 Å². The normalized spacial score (nSPS) is 10.8. The molecule has 64 valence electrons. The summed E-state index contributed by atoms with van der Waals surface area (Å²) < 4.78 is 0. The molecular formula is C10H18S. The minimum Gasteiger partial charge on any atom is -0.0870 e. The van der Waals surface area contributed by atoms with Gasteiger partial charge in [-0.25, -0.2) is 0 Å². The zero-order valence-corrected chi connectivity index (χ0v) is 8.96. The quantitative estimate of drug-likeness (QED) is 0.344. The van der Waals surface area contributed by atoms with Crippen molar-refractivity contribution in [3.63, 3.8) is 0 Å². The fraction of sp³-hybridized carbons (Fsp3) is 0.500. The lowest BCUT2D eigenvalue weighted by molar-refractivity contribution is 1.50. The Morgan fingerprint density at radius 3 is 1.73 bits per heavy atom. The van der Waals surface area contributed by atoms with Crippen molar-refractivity contribution in [2.75, 3.05) is 0 Å². The molecule has 0 amide bonds. The summed E-state index contributed by atoms with van der Waals surface area (Å²) >= 11 is 4.96. The average Bonchev–Trinajstić information content (AvgIpc) is 2.03. The van der Waals surface area contributed by atoms with E-state index in [9.17, 15) is 0 Å². The number of allylic oxidation sites excluding steroid dienone is 4. The summed E-state index contributed by atoms with van der Waals surface area (Å²) in [5.74, 6) is 0. The van der Waals surface area contributed by atoms with E-state index in [2.05, 4.69) is 0 Å². The Morgan fingerprint density at radius 2 is 1.64 bits per heavy atom. The van der Waals surface area contributed by atoms with Crippen molar-refractivity contribution in [1.82, 2.24) is 0 Å². The zero-order chi connectivity index (χ0) is 9.28. The Labute approximate surface area is 76.0 Å². The van der Waals surface area contributed by atoms with Crippen LogP contribution in [0.1, 0.15) is 34.6 Å².